The number of benzene rings is 1. The van der Waals surface area contributed by atoms with E-state index in [1.165, 1.54) is 6.26 Å². The van der Waals surface area contributed by atoms with Crippen molar-refractivity contribution in [3.63, 3.8) is 0 Å². The van der Waals surface area contributed by atoms with Gasteiger partial charge in [-0.05, 0) is 30.5 Å². The maximum Gasteiger partial charge on any atom is 0.147 e. The molecule has 0 heterocycles. The first-order chi connectivity index (χ1) is 7.38. The maximum absolute atomic E-state index is 11.0. The molecule has 3 nitrogen and oxygen atoms in total. The average Bonchev–Trinajstić information content (AvgIpc) is 2.15. The van der Waals surface area contributed by atoms with Crippen molar-refractivity contribution < 1.29 is 8.42 Å². The van der Waals surface area contributed by atoms with Gasteiger partial charge in [0.05, 0.1) is 0 Å². The lowest BCUT2D eigenvalue weighted by Gasteiger charge is -2.11. The number of hydrogen-bond acceptors (Lipinski definition) is 3. The predicted octanol–water partition coefficient (Wildman–Crippen LogP) is 2.27. The van der Waals surface area contributed by atoms with Gasteiger partial charge in [0.1, 0.15) is 9.84 Å². The lowest BCUT2D eigenvalue weighted by atomic mass is 10.0. The molecule has 0 radical (unpaired) electrons. The topological polar surface area (TPSA) is 60.2 Å². The molecule has 1 unspecified atom stereocenters. The fraction of sp³-hybridized carbons (Fsp3) is 0.455. The second kappa shape index (κ2) is 5.80. The molecule has 0 aliphatic rings. The molecule has 1 aromatic rings. The second-order valence-corrected chi connectivity index (χ2v) is 7.11. The van der Waals surface area contributed by atoms with Gasteiger partial charge in [0.25, 0.3) is 0 Å². The van der Waals surface area contributed by atoms with Gasteiger partial charge in [-0.15, -0.1) is 0 Å². The van der Waals surface area contributed by atoms with Gasteiger partial charge in [-0.2, -0.15) is 0 Å². The van der Waals surface area contributed by atoms with Crippen LogP contribution in [0, 0.1) is 0 Å². The molecule has 0 amide bonds. The summed E-state index contributed by atoms with van der Waals surface area (Å²) in [6.45, 7) is 0. The molecule has 0 saturated carbocycles. The number of sulfone groups is 1. The van der Waals surface area contributed by atoms with Crippen LogP contribution in [0.25, 0.3) is 0 Å². The summed E-state index contributed by atoms with van der Waals surface area (Å²) in [5, 5.41) is 0. The van der Waals surface area contributed by atoms with E-state index in [1.807, 2.05) is 24.3 Å². The largest absolute Gasteiger partial charge is 0.324 e. The molecular formula is C11H16BrNO2S. The summed E-state index contributed by atoms with van der Waals surface area (Å²) in [6, 6.07) is 7.68. The molecule has 1 aromatic carbocycles. The number of nitrogens with two attached hydrogens (primary N) is 1. The Labute approximate surface area is 105 Å². The van der Waals surface area contributed by atoms with Gasteiger partial charge in [-0.1, -0.05) is 28.1 Å². The Bertz CT molecular complexity index is 445. The van der Waals surface area contributed by atoms with E-state index in [0.29, 0.717) is 12.8 Å². The first-order valence-electron chi connectivity index (χ1n) is 5.07. The van der Waals surface area contributed by atoms with Gasteiger partial charge in [0, 0.05) is 22.5 Å². The van der Waals surface area contributed by atoms with Crippen molar-refractivity contribution in [2.75, 3.05) is 12.0 Å². The van der Waals surface area contributed by atoms with E-state index in [9.17, 15) is 8.42 Å². The summed E-state index contributed by atoms with van der Waals surface area (Å²) in [5.74, 6) is 0.203. The van der Waals surface area contributed by atoms with E-state index in [-0.39, 0.29) is 11.8 Å². The van der Waals surface area contributed by atoms with E-state index in [0.717, 1.165) is 10.0 Å². The molecule has 0 aromatic heterocycles. The first-order valence-corrected chi connectivity index (χ1v) is 7.92. The van der Waals surface area contributed by atoms with Crippen molar-refractivity contribution in [3.8, 4) is 0 Å². The minimum absolute atomic E-state index is 0.0979. The van der Waals surface area contributed by atoms with Gasteiger partial charge in [0.2, 0.25) is 0 Å². The van der Waals surface area contributed by atoms with Crippen LogP contribution >= 0.6 is 15.9 Å². The van der Waals surface area contributed by atoms with Crippen LogP contribution in [0.4, 0.5) is 0 Å². The quantitative estimate of drug-likeness (QED) is 0.908. The zero-order chi connectivity index (χ0) is 12.2. The highest BCUT2D eigenvalue weighted by Gasteiger charge is 2.08. The summed E-state index contributed by atoms with van der Waals surface area (Å²) in [4.78, 5) is 0. The fourth-order valence-electron chi connectivity index (χ4n) is 1.47. The zero-order valence-electron chi connectivity index (χ0n) is 9.19. The van der Waals surface area contributed by atoms with Crippen LogP contribution in [0.1, 0.15) is 24.4 Å². The Hall–Kier alpha value is -0.390. The summed E-state index contributed by atoms with van der Waals surface area (Å²) in [7, 11) is -2.87. The normalized spacial score (nSPS) is 13.7. The molecule has 0 spiro atoms. The average molecular weight is 306 g/mol. The summed E-state index contributed by atoms with van der Waals surface area (Å²) >= 11 is 3.38. The van der Waals surface area contributed by atoms with Gasteiger partial charge in [-0.3, -0.25) is 0 Å². The lowest BCUT2D eigenvalue weighted by Crippen LogP contribution is -2.12. The van der Waals surface area contributed by atoms with Crippen molar-refractivity contribution in [1.82, 2.24) is 0 Å². The van der Waals surface area contributed by atoms with Crippen molar-refractivity contribution in [2.24, 2.45) is 5.73 Å². The molecule has 0 fully saturated rings. The van der Waals surface area contributed by atoms with Crippen LogP contribution in [0.15, 0.2) is 28.7 Å². The molecule has 0 bridgehead atoms. The highest BCUT2D eigenvalue weighted by molar-refractivity contribution is 9.10. The molecule has 90 valence electrons. The molecular weight excluding hydrogens is 290 g/mol. The van der Waals surface area contributed by atoms with Crippen molar-refractivity contribution >= 4 is 25.8 Å². The molecule has 1 rings (SSSR count). The SMILES string of the molecule is CS(=O)(=O)CCCC(N)c1cccc(Br)c1. The highest BCUT2D eigenvalue weighted by Crippen LogP contribution is 2.20. The Morgan fingerprint density at radius 2 is 2.12 bits per heavy atom. The van der Waals surface area contributed by atoms with Crippen LogP contribution in [0.2, 0.25) is 0 Å². The summed E-state index contributed by atoms with van der Waals surface area (Å²) in [6.07, 6.45) is 2.54. The maximum atomic E-state index is 11.0. The van der Waals surface area contributed by atoms with Crippen LogP contribution in [-0.2, 0) is 9.84 Å². The van der Waals surface area contributed by atoms with Gasteiger partial charge < -0.3 is 5.73 Å². The predicted molar refractivity (Wildman–Crippen MR) is 70.0 cm³/mol. The van der Waals surface area contributed by atoms with E-state index >= 15 is 0 Å². The Balaban J connectivity index is 2.50. The third kappa shape index (κ3) is 5.09. The molecule has 2 N–H and O–H groups in total. The zero-order valence-corrected chi connectivity index (χ0v) is 11.6. The summed E-state index contributed by atoms with van der Waals surface area (Å²) in [5.41, 5.74) is 7.01. The van der Waals surface area contributed by atoms with Crippen LogP contribution in [-0.4, -0.2) is 20.4 Å². The summed E-state index contributed by atoms with van der Waals surface area (Å²) < 4.78 is 22.9. The number of halogens is 1. The molecule has 0 aliphatic heterocycles. The van der Waals surface area contributed by atoms with E-state index < -0.39 is 9.84 Å². The number of rotatable bonds is 5. The Kier molecular flexibility index (Phi) is 4.95. The van der Waals surface area contributed by atoms with Gasteiger partial charge >= 0.3 is 0 Å². The smallest absolute Gasteiger partial charge is 0.147 e. The van der Waals surface area contributed by atoms with E-state index in [1.54, 1.807) is 0 Å². The van der Waals surface area contributed by atoms with E-state index in [2.05, 4.69) is 15.9 Å². The van der Waals surface area contributed by atoms with E-state index in [4.69, 9.17) is 5.73 Å². The molecule has 16 heavy (non-hydrogen) atoms. The number of hydrogen-bond donors (Lipinski definition) is 1. The van der Waals surface area contributed by atoms with Crippen molar-refractivity contribution in [1.29, 1.82) is 0 Å². The first kappa shape index (κ1) is 13.7. The van der Waals surface area contributed by atoms with Crippen LogP contribution in [0.3, 0.4) is 0 Å². The molecule has 1 atom stereocenters. The molecule has 0 saturated heterocycles. The van der Waals surface area contributed by atoms with Crippen LogP contribution in [0.5, 0.6) is 0 Å². The van der Waals surface area contributed by atoms with Crippen molar-refractivity contribution in [3.05, 3.63) is 34.3 Å². The molecule has 5 heteroatoms. The fourth-order valence-corrected chi connectivity index (χ4v) is 2.58. The second-order valence-electron chi connectivity index (χ2n) is 3.93. The molecule has 0 aliphatic carbocycles. The Morgan fingerprint density at radius 3 is 2.69 bits per heavy atom. The van der Waals surface area contributed by atoms with Crippen molar-refractivity contribution in [2.45, 2.75) is 18.9 Å². The monoisotopic (exact) mass is 305 g/mol. The standard InChI is InChI=1S/C11H16BrNO2S/c1-16(14,15)7-3-6-11(13)9-4-2-5-10(12)8-9/h2,4-5,8,11H,3,6-7,13H2,1H3. The van der Waals surface area contributed by atoms with Gasteiger partial charge in [0.15, 0.2) is 0 Å². The minimum atomic E-state index is -2.87. The third-order valence-corrected chi connectivity index (χ3v) is 3.83. The minimum Gasteiger partial charge on any atom is -0.324 e. The van der Waals surface area contributed by atoms with Gasteiger partial charge in [-0.25, -0.2) is 8.42 Å². The van der Waals surface area contributed by atoms with Crippen LogP contribution < -0.4 is 5.73 Å². The third-order valence-electron chi connectivity index (χ3n) is 2.31. The lowest BCUT2D eigenvalue weighted by molar-refractivity contribution is 0.588. The highest BCUT2D eigenvalue weighted by atomic mass is 79.9. The Morgan fingerprint density at radius 1 is 1.44 bits per heavy atom.